The maximum Gasteiger partial charge on any atom is 0.234 e. The van der Waals surface area contributed by atoms with Gasteiger partial charge in [-0.2, -0.15) is 4.57 Å². The Balaban J connectivity index is 0.00000560. The molecule has 0 atom stereocenters. The third-order valence-electron chi connectivity index (χ3n) is 7.11. The number of benzene rings is 2. The lowest BCUT2D eigenvalue weighted by Crippen LogP contribution is -3.00. The Labute approximate surface area is 261 Å². The number of unbranched alkanes of at least 4 members (excludes halogenated alkanes) is 11. The fourth-order valence-electron chi connectivity index (χ4n) is 4.74. The van der Waals surface area contributed by atoms with Crippen LogP contribution in [0, 0.1) is 6.92 Å². The first kappa shape index (κ1) is 34.3. The average molecular weight is 650 g/mol. The maximum absolute atomic E-state index is 12.8. The monoisotopic (exact) mass is 648 g/mol. The summed E-state index contributed by atoms with van der Waals surface area (Å²) in [6.45, 7) is 5.86. The Bertz CT molecular complexity index is 1120. The molecule has 4 nitrogen and oxygen atoms in total. The number of nitrogens with zero attached hydrogens (tertiary/aromatic N) is 1. The van der Waals surface area contributed by atoms with Crippen LogP contribution in [0.15, 0.2) is 54.0 Å². The standard InChI is InChI=1S/C33H45ClN2O2S.BrH/c1-3-4-5-6-7-8-9-10-11-12-13-14-22-38-32-25-30(34)18-17-29(32)24-33(37)35-31-19-15-28(16-20-31)26-36-21-23-39-27(36)2;/h15-21,23,25H,3-14,22,24,26H2,1-2H3;1H. The van der Waals surface area contributed by atoms with Crippen molar-refractivity contribution in [2.24, 2.45) is 0 Å². The van der Waals surface area contributed by atoms with E-state index in [-0.39, 0.29) is 29.3 Å². The Morgan fingerprint density at radius 1 is 0.900 bits per heavy atom. The lowest BCUT2D eigenvalue weighted by molar-refractivity contribution is -0.689. The summed E-state index contributed by atoms with van der Waals surface area (Å²) in [7, 11) is 0. The molecular weight excluding hydrogens is 604 g/mol. The molecule has 0 bridgehead atoms. The number of hydrogen-bond acceptors (Lipinski definition) is 3. The number of nitrogens with one attached hydrogen (secondary N) is 1. The van der Waals surface area contributed by atoms with E-state index in [2.05, 4.69) is 47.4 Å². The van der Waals surface area contributed by atoms with Gasteiger partial charge in [0.25, 0.3) is 0 Å². The van der Waals surface area contributed by atoms with Crippen LogP contribution in [-0.2, 0) is 17.8 Å². The maximum atomic E-state index is 12.8. The van der Waals surface area contributed by atoms with E-state index in [4.69, 9.17) is 16.3 Å². The smallest absolute Gasteiger partial charge is 0.234 e. The highest BCUT2D eigenvalue weighted by Gasteiger charge is 2.12. The van der Waals surface area contributed by atoms with Gasteiger partial charge in [-0.15, -0.1) is 0 Å². The van der Waals surface area contributed by atoms with E-state index in [9.17, 15) is 4.79 Å². The molecular formula is C33H46BrClN2O2S. The van der Waals surface area contributed by atoms with Crippen LogP contribution >= 0.6 is 22.9 Å². The molecule has 3 rings (SSSR count). The van der Waals surface area contributed by atoms with Gasteiger partial charge in [-0.1, -0.05) is 119 Å². The highest BCUT2D eigenvalue weighted by atomic mass is 79.9. The number of aromatic nitrogens is 1. The lowest BCUT2D eigenvalue weighted by Gasteiger charge is -2.13. The molecule has 40 heavy (non-hydrogen) atoms. The summed E-state index contributed by atoms with van der Waals surface area (Å²) in [5.74, 6) is 0.641. The summed E-state index contributed by atoms with van der Waals surface area (Å²) in [4.78, 5) is 12.8. The predicted octanol–water partition coefficient (Wildman–Crippen LogP) is 6.31. The summed E-state index contributed by atoms with van der Waals surface area (Å²) < 4.78 is 8.29. The van der Waals surface area contributed by atoms with Gasteiger partial charge in [-0.3, -0.25) is 4.79 Å². The largest absolute Gasteiger partial charge is 1.00 e. The van der Waals surface area contributed by atoms with E-state index in [0.29, 0.717) is 17.4 Å². The SMILES string of the molecule is CCCCCCCCCCCCCCOc1cc(Cl)ccc1CC(=O)Nc1ccc(C[n+]2ccsc2C)cc1.[Br-]. The molecule has 7 heteroatoms. The minimum atomic E-state index is -0.0664. The Kier molecular flexibility index (Phi) is 17.2. The van der Waals surface area contributed by atoms with E-state index < -0.39 is 0 Å². The van der Waals surface area contributed by atoms with Crippen molar-refractivity contribution in [3.05, 3.63) is 75.2 Å². The Morgan fingerprint density at radius 2 is 1.52 bits per heavy atom. The van der Waals surface area contributed by atoms with Crippen molar-refractivity contribution in [1.29, 1.82) is 0 Å². The highest BCUT2D eigenvalue weighted by Crippen LogP contribution is 2.25. The van der Waals surface area contributed by atoms with Crippen molar-refractivity contribution in [3.8, 4) is 5.75 Å². The second-order valence-electron chi connectivity index (χ2n) is 10.5. The van der Waals surface area contributed by atoms with Crippen molar-refractivity contribution in [3.63, 3.8) is 0 Å². The number of thiazole rings is 1. The first-order valence-corrected chi connectivity index (χ1v) is 16.0. The molecule has 0 aliphatic heterocycles. The van der Waals surface area contributed by atoms with Crippen LogP contribution in [0.3, 0.4) is 0 Å². The van der Waals surface area contributed by atoms with Gasteiger partial charge in [0.2, 0.25) is 10.9 Å². The zero-order chi connectivity index (χ0) is 27.7. The minimum absolute atomic E-state index is 0. The van der Waals surface area contributed by atoms with E-state index in [1.165, 1.54) is 81.2 Å². The van der Waals surface area contributed by atoms with E-state index >= 15 is 0 Å². The molecule has 0 spiro atoms. The van der Waals surface area contributed by atoms with Gasteiger partial charge in [0.1, 0.15) is 5.75 Å². The van der Waals surface area contributed by atoms with Crippen molar-refractivity contribution in [2.45, 2.75) is 104 Å². The fourth-order valence-corrected chi connectivity index (χ4v) is 5.57. The van der Waals surface area contributed by atoms with Gasteiger partial charge in [-0.25, -0.2) is 0 Å². The molecule has 0 saturated heterocycles. The van der Waals surface area contributed by atoms with Crippen LogP contribution in [0.1, 0.15) is 100 Å². The Hall–Kier alpha value is -1.89. The van der Waals surface area contributed by atoms with E-state index in [0.717, 1.165) is 24.2 Å². The zero-order valence-electron chi connectivity index (χ0n) is 24.2. The number of rotatable bonds is 19. The first-order chi connectivity index (χ1) is 19.0. The molecule has 0 unspecified atom stereocenters. The molecule has 1 heterocycles. The van der Waals surface area contributed by atoms with E-state index in [1.807, 2.05) is 30.3 Å². The van der Waals surface area contributed by atoms with Gasteiger partial charge >= 0.3 is 0 Å². The molecule has 0 fully saturated rings. The molecule has 0 saturated carbocycles. The normalized spacial score (nSPS) is 10.8. The molecule has 2 aromatic carbocycles. The fraction of sp³-hybridized carbons (Fsp3) is 0.515. The molecule has 0 aliphatic rings. The molecule has 1 N–H and O–H groups in total. The van der Waals surface area contributed by atoms with Crippen LogP contribution in [0.4, 0.5) is 5.69 Å². The summed E-state index contributed by atoms with van der Waals surface area (Å²) in [6, 6.07) is 13.6. The zero-order valence-corrected chi connectivity index (χ0v) is 27.4. The first-order valence-electron chi connectivity index (χ1n) is 14.8. The van der Waals surface area contributed by atoms with Crippen molar-refractivity contribution < 1.29 is 31.1 Å². The topological polar surface area (TPSA) is 42.2 Å². The average Bonchev–Trinajstić information content (AvgIpc) is 3.33. The van der Waals surface area contributed by atoms with Gasteiger partial charge in [0, 0.05) is 28.8 Å². The number of aryl methyl sites for hydroxylation is 1. The van der Waals surface area contributed by atoms with Crippen LogP contribution in [0.25, 0.3) is 0 Å². The number of carbonyl (C=O) groups is 1. The predicted molar refractivity (Wildman–Crippen MR) is 165 cm³/mol. The number of ether oxygens (including phenoxy) is 1. The molecule has 220 valence electrons. The highest BCUT2D eigenvalue weighted by molar-refractivity contribution is 7.09. The van der Waals surface area contributed by atoms with Gasteiger partial charge in [0.05, 0.1) is 18.4 Å². The second kappa shape index (κ2) is 20.1. The van der Waals surface area contributed by atoms with E-state index in [1.54, 1.807) is 11.3 Å². The lowest BCUT2D eigenvalue weighted by atomic mass is 10.1. The van der Waals surface area contributed by atoms with Gasteiger partial charge in [-0.05, 0) is 30.7 Å². The van der Waals surface area contributed by atoms with Crippen molar-refractivity contribution >= 4 is 34.5 Å². The van der Waals surface area contributed by atoms with Crippen molar-refractivity contribution in [1.82, 2.24) is 0 Å². The van der Waals surface area contributed by atoms with Gasteiger partial charge < -0.3 is 27.0 Å². The summed E-state index contributed by atoms with van der Waals surface area (Å²) in [5.41, 5.74) is 2.85. The van der Waals surface area contributed by atoms with Crippen LogP contribution in [0.5, 0.6) is 5.75 Å². The third kappa shape index (κ3) is 13.2. The number of hydrogen-bond donors (Lipinski definition) is 1. The number of anilines is 1. The minimum Gasteiger partial charge on any atom is -1.00 e. The Morgan fingerprint density at radius 3 is 2.12 bits per heavy atom. The number of amides is 1. The molecule has 1 aromatic heterocycles. The van der Waals surface area contributed by atoms with Crippen molar-refractivity contribution in [2.75, 3.05) is 11.9 Å². The molecule has 1 amide bonds. The summed E-state index contributed by atoms with van der Waals surface area (Å²) in [5, 5.41) is 7.00. The van der Waals surface area contributed by atoms with Gasteiger partial charge in [0.15, 0.2) is 12.7 Å². The second-order valence-corrected chi connectivity index (χ2v) is 12.0. The molecule has 0 aliphatic carbocycles. The molecule has 0 radical (unpaired) electrons. The van der Waals surface area contributed by atoms with Crippen LogP contribution in [0.2, 0.25) is 5.02 Å². The molecule has 3 aromatic rings. The quantitative estimate of drug-likeness (QED) is 0.122. The summed E-state index contributed by atoms with van der Waals surface area (Å²) >= 11 is 7.97. The third-order valence-corrected chi connectivity index (χ3v) is 8.18. The van der Waals surface area contributed by atoms with Crippen LogP contribution < -0.4 is 31.6 Å². The number of carbonyl (C=O) groups excluding carboxylic acids is 1. The summed E-state index contributed by atoms with van der Waals surface area (Å²) in [6.07, 6.45) is 18.1. The van der Waals surface area contributed by atoms with Crippen LogP contribution in [-0.4, -0.2) is 12.5 Å². The number of halogens is 2.